The fraction of sp³-hybridized carbons (Fsp3) is 0.933. The molecule has 2 aliphatic carbocycles. The molecule has 1 spiro atoms. The van der Waals surface area contributed by atoms with Crippen LogP contribution in [0.1, 0.15) is 51.4 Å². The van der Waals surface area contributed by atoms with Gasteiger partial charge in [-0.3, -0.25) is 4.79 Å². The molecule has 0 radical (unpaired) electrons. The standard InChI is InChI=1S/C15H25NO4/c17-14(18)11-1-3-12(4-2-11)16-13-5-7-15(8-6-13)19-9-10-20-15/h11-13,16H,1-10H2,(H,17,18). The van der Waals surface area contributed by atoms with E-state index in [0.717, 1.165) is 64.6 Å². The van der Waals surface area contributed by atoms with Crippen molar-refractivity contribution in [2.75, 3.05) is 13.2 Å². The third kappa shape index (κ3) is 3.15. The highest BCUT2D eigenvalue weighted by Gasteiger charge is 2.40. The minimum Gasteiger partial charge on any atom is -0.481 e. The quantitative estimate of drug-likeness (QED) is 0.828. The van der Waals surface area contributed by atoms with Gasteiger partial charge in [0.15, 0.2) is 5.79 Å². The van der Waals surface area contributed by atoms with E-state index in [1.54, 1.807) is 0 Å². The second kappa shape index (κ2) is 6.00. The Hall–Kier alpha value is -0.650. The zero-order valence-corrected chi connectivity index (χ0v) is 12.0. The third-order valence-electron chi connectivity index (χ3n) is 5.11. The topological polar surface area (TPSA) is 67.8 Å². The molecule has 2 N–H and O–H groups in total. The molecule has 0 amide bonds. The minimum atomic E-state index is -0.626. The number of carboxylic acid groups (broad SMARTS) is 1. The molecule has 114 valence electrons. The molecule has 0 aromatic rings. The van der Waals surface area contributed by atoms with E-state index in [1.165, 1.54) is 0 Å². The Morgan fingerprint density at radius 2 is 1.50 bits per heavy atom. The molecule has 20 heavy (non-hydrogen) atoms. The lowest BCUT2D eigenvalue weighted by molar-refractivity contribution is -0.179. The van der Waals surface area contributed by atoms with Crippen LogP contribution in [0.2, 0.25) is 0 Å². The first-order valence-corrected chi connectivity index (χ1v) is 7.94. The second-order valence-electron chi connectivity index (χ2n) is 6.44. The highest BCUT2D eigenvalue weighted by Crippen LogP contribution is 2.36. The number of hydrogen-bond donors (Lipinski definition) is 2. The van der Waals surface area contributed by atoms with Gasteiger partial charge in [0.2, 0.25) is 0 Å². The summed E-state index contributed by atoms with van der Waals surface area (Å²) in [5, 5.41) is 12.7. The summed E-state index contributed by atoms with van der Waals surface area (Å²) in [5.41, 5.74) is 0. The van der Waals surface area contributed by atoms with Gasteiger partial charge in [-0.15, -0.1) is 0 Å². The molecule has 3 fully saturated rings. The van der Waals surface area contributed by atoms with Gasteiger partial charge in [0.05, 0.1) is 19.1 Å². The molecule has 1 saturated heterocycles. The van der Waals surface area contributed by atoms with Gasteiger partial charge in [0, 0.05) is 24.9 Å². The van der Waals surface area contributed by atoms with E-state index in [9.17, 15) is 4.79 Å². The van der Waals surface area contributed by atoms with Crippen LogP contribution in [0.15, 0.2) is 0 Å². The van der Waals surface area contributed by atoms with Crippen LogP contribution in [0.5, 0.6) is 0 Å². The van der Waals surface area contributed by atoms with Crippen molar-refractivity contribution in [3.63, 3.8) is 0 Å². The van der Waals surface area contributed by atoms with Crippen molar-refractivity contribution in [3.05, 3.63) is 0 Å². The van der Waals surface area contributed by atoms with Crippen LogP contribution in [0.4, 0.5) is 0 Å². The van der Waals surface area contributed by atoms with Crippen molar-refractivity contribution < 1.29 is 19.4 Å². The van der Waals surface area contributed by atoms with Crippen LogP contribution in [0.25, 0.3) is 0 Å². The van der Waals surface area contributed by atoms with Crippen LogP contribution < -0.4 is 5.32 Å². The van der Waals surface area contributed by atoms with Gasteiger partial charge in [0.1, 0.15) is 0 Å². The number of nitrogens with one attached hydrogen (secondary N) is 1. The van der Waals surface area contributed by atoms with E-state index in [1.807, 2.05) is 0 Å². The Kier molecular flexibility index (Phi) is 4.29. The first-order valence-electron chi connectivity index (χ1n) is 7.94. The first-order chi connectivity index (χ1) is 9.67. The SMILES string of the molecule is O=C(O)C1CCC(NC2CCC3(CC2)OCCO3)CC1. The fourth-order valence-electron chi connectivity index (χ4n) is 3.85. The Morgan fingerprint density at radius 1 is 0.950 bits per heavy atom. The predicted molar refractivity (Wildman–Crippen MR) is 73.4 cm³/mol. The molecule has 1 aliphatic heterocycles. The summed E-state index contributed by atoms with van der Waals surface area (Å²) in [7, 11) is 0. The van der Waals surface area contributed by atoms with E-state index in [2.05, 4.69) is 5.32 Å². The molecule has 0 aromatic carbocycles. The number of ether oxygens (including phenoxy) is 2. The molecule has 2 saturated carbocycles. The first kappa shape index (κ1) is 14.3. The Balaban J connectivity index is 1.41. The molecular formula is C15H25NO4. The number of carboxylic acids is 1. The van der Waals surface area contributed by atoms with Crippen molar-refractivity contribution >= 4 is 5.97 Å². The Morgan fingerprint density at radius 3 is 2.05 bits per heavy atom. The predicted octanol–water partition coefficient (Wildman–Crippen LogP) is 1.91. The molecule has 0 atom stereocenters. The smallest absolute Gasteiger partial charge is 0.306 e. The van der Waals surface area contributed by atoms with Crippen LogP contribution in [-0.4, -0.2) is 42.2 Å². The monoisotopic (exact) mass is 283 g/mol. The van der Waals surface area contributed by atoms with Gasteiger partial charge in [-0.2, -0.15) is 0 Å². The summed E-state index contributed by atoms with van der Waals surface area (Å²) in [4.78, 5) is 10.9. The normalized spacial score (nSPS) is 34.4. The van der Waals surface area contributed by atoms with Gasteiger partial charge in [0.25, 0.3) is 0 Å². The van der Waals surface area contributed by atoms with Crippen LogP contribution in [0, 0.1) is 5.92 Å². The molecule has 0 bridgehead atoms. The summed E-state index contributed by atoms with van der Waals surface area (Å²) >= 11 is 0. The van der Waals surface area contributed by atoms with Crippen LogP contribution in [-0.2, 0) is 14.3 Å². The average molecular weight is 283 g/mol. The van der Waals surface area contributed by atoms with Crippen molar-refractivity contribution in [2.45, 2.75) is 69.2 Å². The van der Waals surface area contributed by atoms with Crippen molar-refractivity contribution in [1.29, 1.82) is 0 Å². The van der Waals surface area contributed by atoms with Crippen LogP contribution in [0.3, 0.4) is 0 Å². The minimum absolute atomic E-state index is 0.122. The van der Waals surface area contributed by atoms with Crippen molar-refractivity contribution in [2.24, 2.45) is 5.92 Å². The van der Waals surface area contributed by atoms with Gasteiger partial charge in [-0.25, -0.2) is 0 Å². The molecule has 3 aliphatic rings. The van der Waals surface area contributed by atoms with Gasteiger partial charge < -0.3 is 19.9 Å². The molecule has 1 heterocycles. The highest BCUT2D eigenvalue weighted by molar-refractivity contribution is 5.70. The van der Waals surface area contributed by atoms with Gasteiger partial charge in [-0.1, -0.05) is 0 Å². The third-order valence-corrected chi connectivity index (χ3v) is 5.11. The molecule has 0 aromatic heterocycles. The Bertz CT molecular complexity index is 336. The lowest BCUT2D eigenvalue weighted by Crippen LogP contribution is -2.46. The zero-order chi connectivity index (χ0) is 14.0. The lowest BCUT2D eigenvalue weighted by atomic mass is 9.84. The Labute approximate surface area is 120 Å². The molecule has 3 rings (SSSR count). The number of hydrogen-bond acceptors (Lipinski definition) is 4. The largest absolute Gasteiger partial charge is 0.481 e. The second-order valence-corrected chi connectivity index (χ2v) is 6.44. The lowest BCUT2D eigenvalue weighted by Gasteiger charge is -2.38. The fourth-order valence-corrected chi connectivity index (χ4v) is 3.85. The number of aliphatic carboxylic acids is 1. The average Bonchev–Trinajstić information content (AvgIpc) is 2.91. The van der Waals surface area contributed by atoms with E-state index in [-0.39, 0.29) is 11.7 Å². The maximum atomic E-state index is 10.9. The van der Waals surface area contributed by atoms with Crippen LogP contribution >= 0.6 is 0 Å². The summed E-state index contributed by atoms with van der Waals surface area (Å²) in [6.07, 6.45) is 7.77. The molecule has 5 heteroatoms. The summed E-state index contributed by atoms with van der Waals surface area (Å²) < 4.78 is 11.5. The summed E-state index contributed by atoms with van der Waals surface area (Å²) in [5.74, 6) is -1.03. The number of rotatable bonds is 3. The number of carbonyl (C=O) groups is 1. The highest BCUT2D eigenvalue weighted by atomic mass is 16.7. The van der Waals surface area contributed by atoms with Gasteiger partial charge in [-0.05, 0) is 38.5 Å². The zero-order valence-electron chi connectivity index (χ0n) is 12.0. The van der Waals surface area contributed by atoms with Crippen molar-refractivity contribution in [3.8, 4) is 0 Å². The van der Waals surface area contributed by atoms with E-state index >= 15 is 0 Å². The summed E-state index contributed by atoms with van der Waals surface area (Å²) in [6, 6.07) is 1.04. The molecule has 0 unspecified atom stereocenters. The van der Waals surface area contributed by atoms with E-state index < -0.39 is 5.97 Å². The van der Waals surface area contributed by atoms with Crippen molar-refractivity contribution in [1.82, 2.24) is 5.32 Å². The summed E-state index contributed by atoms with van der Waals surface area (Å²) in [6.45, 7) is 1.47. The van der Waals surface area contributed by atoms with Gasteiger partial charge >= 0.3 is 5.97 Å². The van der Waals surface area contributed by atoms with E-state index in [4.69, 9.17) is 14.6 Å². The molecule has 5 nitrogen and oxygen atoms in total. The molecular weight excluding hydrogens is 258 g/mol. The maximum Gasteiger partial charge on any atom is 0.306 e. The maximum absolute atomic E-state index is 10.9. The van der Waals surface area contributed by atoms with E-state index in [0.29, 0.717) is 12.1 Å².